The highest BCUT2D eigenvalue weighted by atomic mass is 32.2. The summed E-state index contributed by atoms with van der Waals surface area (Å²) in [7, 11) is 0.396. The maximum absolute atomic E-state index is 13.0. The zero-order valence-electron chi connectivity index (χ0n) is 13.7. The quantitative estimate of drug-likeness (QED) is 0.755. The molecule has 1 aliphatic heterocycles. The first-order chi connectivity index (χ1) is 10.9. The van der Waals surface area contributed by atoms with E-state index in [1.807, 2.05) is 19.0 Å². The maximum Gasteiger partial charge on any atom is 0.218 e. The van der Waals surface area contributed by atoms with Gasteiger partial charge >= 0.3 is 0 Å². The summed E-state index contributed by atoms with van der Waals surface area (Å²) in [6.07, 6.45) is 1.44. The largest absolute Gasteiger partial charge is 0.381 e. The van der Waals surface area contributed by atoms with Crippen LogP contribution in [0.4, 0.5) is 4.39 Å². The number of likely N-dealkylation sites (N-methyl/N-ethyl adjacent to an activating group) is 1. The van der Waals surface area contributed by atoms with Gasteiger partial charge in [0.05, 0.1) is 5.75 Å². The van der Waals surface area contributed by atoms with Gasteiger partial charge in [-0.3, -0.25) is 0 Å². The van der Waals surface area contributed by atoms with Crippen LogP contribution in [-0.2, 0) is 20.5 Å². The van der Waals surface area contributed by atoms with Crippen molar-refractivity contribution in [3.05, 3.63) is 35.6 Å². The summed E-state index contributed by atoms with van der Waals surface area (Å²) in [5, 5.41) is 0. The van der Waals surface area contributed by atoms with Gasteiger partial charge in [0.2, 0.25) is 10.0 Å². The Balaban J connectivity index is 2.15. The fourth-order valence-electron chi connectivity index (χ4n) is 2.69. The third-order valence-corrected chi connectivity index (χ3v) is 5.88. The second-order valence-corrected chi connectivity index (χ2v) is 8.06. The predicted molar refractivity (Wildman–Crippen MR) is 88.1 cm³/mol. The molecule has 1 aromatic carbocycles. The first-order valence-electron chi connectivity index (χ1n) is 7.85. The molecule has 0 N–H and O–H groups in total. The predicted octanol–water partition coefficient (Wildman–Crippen LogP) is 1.70. The monoisotopic (exact) mass is 344 g/mol. The van der Waals surface area contributed by atoms with Crippen molar-refractivity contribution >= 4 is 10.0 Å². The van der Waals surface area contributed by atoms with Crippen LogP contribution < -0.4 is 0 Å². The molecule has 0 unspecified atom stereocenters. The van der Waals surface area contributed by atoms with Crippen LogP contribution in [0.3, 0.4) is 0 Å². The average Bonchev–Trinajstić information content (AvgIpc) is 2.50. The lowest BCUT2D eigenvalue weighted by Gasteiger charge is -2.34. The number of hydrogen-bond donors (Lipinski definition) is 0. The van der Waals surface area contributed by atoms with Gasteiger partial charge in [0.1, 0.15) is 5.82 Å². The molecule has 0 atom stereocenters. The molecule has 130 valence electrons. The van der Waals surface area contributed by atoms with Gasteiger partial charge in [0.15, 0.2) is 0 Å². The molecular formula is C16H25FN2O3S. The highest BCUT2D eigenvalue weighted by Crippen LogP contribution is 2.21. The molecule has 0 aliphatic carbocycles. The van der Waals surface area contributed by atoms with Crippen molar-refractivity contribution < 1.29 is 17.5 Å². The molecule has 23 heavy (non-hydrogen) atoms. The van der Waals surface area contributed by atoms with Crippen LogP contribution in [0.1, 0.15) is 18.4 Å². The lowest BCUT2D eigenvalue weighted by Crippen LogP contribution is -2.46. The van der Waals surface area contributed by atoms with E-state index in [1.165, 1.54) is 24.3 Å². The molecule has 0 bridgehead atoms. The molecule has 1 aromatic rings. The standard InChI is InChI=1S/C16H25FN2O3S/c1-18(2)9-10-19(16-7-11-22-12-8-16)23(20,21)13-14-3-5-15(17)6-4-14/h3-6,16H,7-13H2,1-2H3. The molecule has 0 saturated carbocycles. The summed E-state index contributed by atoms with van der Waals surface area (Å²) in [5.41, 5.74) is 0.605. The fraction of sp³-hybridized carbons (Fsp3) is 0.625. The second-order valence-electron chi connectivity index (χ2n) is 6.14. The van der Waals surface area contributed by atoms with Crippen molar-refractivity contribution in [2.75, 3.05) is 40.4 Å². The Morgan fingerprint density at radius 3 is 2.30 bits per heavy atom. The van der Waals surface area contributed by atoms with Gasteiger partial charge in [-0.05, 0) is 44.6 Å². The maximum atomic E-state index is 13.0. The van der Waals surface area contributed by atoms with Crippen molar-refractivity contribution in [2.24, 2.45) is 0 Å². The van der Waals surface area contributed by atoms with E-state index in [1.54, 1.807) is 4.31 Å². The molecular weight excluding hydrogens is 319 g/mol. The van der Waals surface area contributed by atoms with E-state index < -0.39 is 10.0 Å². The second kappa shape index (κ2) is 8.19. The molecule has 1 aliphatic rings. The van der Waals surface area contributed by atoms with Crippen LogP contribution >= 0.6 is 0 Å². The van der Waals surface area contributed by atoms with E-state index in [-0.39, 0.29) is 17.6 Å². The zero-order valence-corrected chi connectivity index (χ0v) is 14.6. The Labute approximate surface area is 138 Å². The minimum Gasteiger partial charge on any atom is -0.381 e. The van der Waals surface area contributed by atoms with E-state index >= 15 is 0 Å². The fourth-order valence-corrected chi connectivity index (χ4v) is 4.50. The Bertz CT molecular complexity index is 584. The number of sulfonamides is 1. The van der Waals surface area contributed by atoms with Crippen LogP contribution in [0.25, 0.3) is 0 Å². The van der Waals surface area contributed by atoms with Crippen molar-refractivity contribution in [2.45, 2.75) is 24.6 Å². The van der Waals surface area contributed by atoms with Crippen LogP contribution in [0.5, 0.6) is 0 Å². The summed E-state index contributed by atoms with van der Waals surface area (Å²) in [5.74, 6) is -0.460. The highest BCUT2D eigenvalue weighted by molar-refractivity contribution is 7.88. The van der Waals surface area contributed by atoms with Crippen molar-refractivity contribution in [3.63, 3.8) is 0 Å². The molecule has 1 fully saturated rings. The minimum absolute atomic E-state index is 0.0193. The number of nitrogens with zero attached hydrogens (tertiary/aromatic N) is 2. The summed E-state index contributed by atoms with van der Waals surface area (Å²) in [6.45, 7) is 2.31. The summed E-state index contributed by atoms with van der Waals surface area (Å²) < 4.78 is 45.7. The molecule has 1 saturated heterocycles. The molecule has 0 spiro atoms. The van der Waals surface area contributed by atoms with Gasteiger partial charge in [0, 0.05) is 32.3 Å². The third kappa shape index (κ3) is 5.53. The van der Waals surface area contributed by atoms with Crippen molar-refractivity contribution in [3.8, 4) is 0 Å². The Morgan fingerprint density at radius 2 is 1.74 bits per heavy atom. The number of halogens is 1. The lowest BCUT2D eigenvalue weighted by molar-refractivity contribution is 0.0572. The van der Waals surface area contributed by atoms with E-state index in [0.29, 0.717) is 31.9 Å². The molecule has 2 rings (SSSR count). The Hall–Kier alpha value is -1.02. The smallest absolute Gasteiger partial charge is 0.218 e. The molecule has 0 amide bonds. The van der Waals surface area contributed by atoms with E-state index in [2.05, 4.69) is 0 Å². The Morgan fingerprint density at radius 1 is 1.13 bits per heavy atom. The molecule has 5 nitrogen and oxygen atoms in total. The average molecular weight is 344 g/mol. The SMILES string of the molecule is CN(C)CCN(C1CCOCC1)S(=O)(=O)Cc1ccc(F)cc1. The van der Waals surface area contributed by atoms with Crippen molar-refractivity contribution in [1.82, 2.24) is 9.21 Å². The summed E-state index contributed by atoms with van der Waals surface area (Å²) >= 11 is 0. The first kappa shape index (κ1) is 18.3. The Kier molecular flexibility index (Phi) is 6.52. The summed E-state index contributed by atoms with van der Waals surface area (Å²) in [6, 6.07) is 5.63. The minimum atomic E-state index is -3.45. The van der Waals surface area contributed by atoms with Crippen molar-refractivity contribution in [1.29, 1.82) is 0 Å². The van der Waals surface area contributed by atoms with Gasteiger partial charge in [-0.25, -0.2) is 12.8 Å². The molecule has 0 radical (unpaired) electrons. The summed E-state index contributed by atoms with van der Waals surface area (Å²) in [4.78, 5) is 1.97. The number of rotatable bonds is 7. The third-order valence-electron chi connectivity index (χ3n) is 3.99. The van der Waals surface area contributed by atoms with Crippen LogP contribution in [0.15, 0.2) is 24.3 Å². The number of benzene rings is 1. The molecule has 7 heteroatoms. The van der Waals surface area contributed by atoms with E-state index in [4.69, 9.17) is 4.74 Å². The molecule has 1 heterocycles. The van der Waals surface area contributed by atoms with Gasteiger partial charge < -0.3 is 9.64 Å². The van der Waals surface area contributed by atoms with Crippen LogP contribution in [0, 0.1) is 5.82 Å². The number of hydrogen-bond acceptors (Lipinski definition) is 4. The first-order valence-corrected chi connectivity index (χ1v) is 9.46. The normalized spacial score (nSPS) is 17.1. The van der Waals surface area contributed by atoms with Crippen LogP contribution in [0.2, 0.25) is 0 Å². The van der Waals surface area contributed by atoms with Gasteiger partial charge in [-0.1, -0.05) is 12.1 Å². The lowest BCUT2D eigenvalue weighted by atomic mass is 10.1. The highest BCUT2D eigenvalue weighted by Gasteiger charge is 2.31. The van der Waals surface area contributed by atoms with E-state index in [9.17, 15) is 12.8 Å². The molecule has 0 aromatic heterocycles. The topological polar surface area (TPSA) is 49.9 Å². The van der Waals surface area contributed by atoms with Crippen LogP contribution in [-0.4, -0.2) is 64.1 Å². The number of ether oxygens (including phenoxy) is 1. The van der Waals surface area contributed by atoms with Gasteiger partial charge in [-0.2, -0.15) is 4.31 Å². The van der Waals surface area contributed by atoms with Gasteiger partial charge in [0.25, 0.3) is 0 Å². The van der Waals surface area contributed by atoms with Gasteiger partial charge in [-0.15, -0.1) is 0 Å². The van der Waals surface area contributed by atoms with E-state index in [0.717, 1.165) is 12.8 Å². The zero-order chi connectivity index (χ0) is 16.9.